The van der Waals surface area contributed by atoms with Crippen molar-refractivity contribution in [3.63, 3.8) is 0 Å². The summed E-state index contributed by atoms with van der Waals surface area (Å²) in [6.07, 6.45) is 0.696. The molecular weight excluding hydrogens is 430 g/mol. The fraction of sp³-hybridized carbons (Fsp3) is 0.296. The van der Waals surface area contributed by atoms with E-state index in [-0.39, 0.29) is 47.1 Å². The van der Waals surface area contributed by atoms with Gasteiger partial charge in [-0.25, -0.2) is 0 Å². The smallest absolute Gasteiger partial charge is 0.248 e. The van der Waals surface area contributed by atoms with Crippen LogP contribution in [0.15, 0.2) is 71.3 Å². The Morgan fingerprint density at radius 2 is 1.91 bits per heavy atom. The lowest BCUT2D eigenvalue weighted by molar-refractivity contribution is -0.125. The summed E-state index contributed by atoms with van der Waals surface area (Å²) >= 11 is 0. The van der Waals surface area contributed by atoms with Gasteiger partial charge in [-0.2, -0.15) is 5.26 Å². The molecule has 1 unspecified atom stereocenters. The monoisotopic (exact) mass is 455 g/mol. The number of nitrogens with two attached hydrogens (primary N) is 1. The number of fused-ring (bicyclic) bond motifs is 3. The number of Topliss-reactive ketones (excluding diaryl/α,β-unsaturated/α-hetero) is 1. The SMILES string of the molecule is COc1cccc(CN2C(=O)C3(C(C#N)=C(N)OC4=C3C(=O)CC(C)(C)C4)c3ccccc32)c1. The van der Waals surface area contributed by atoms with E-state index in [1.54, 1.807) is 24.1 Å². The van der Waals surface area contributed by atoms with Gasteiger partial charge >= 0.3 is 0 Å². The summed E-state index contributed by atoms with van der Waals surface area (Å²) in [5, 5.41) is 10.2. The molecule has 0 fully saturated rings. The second-order valence-corrected chi connectivity index (χ2v) is 9.70. The minimum atomic E-state index is -1.62. The third kappa shape index (κ3) is 2.95. The Labute approximate surface area is 198 Å². The van der Waals surface area contributed by atoms with Crippen LogP contribution in [0.5, 0.6) is 5.75 Å². The van der Waals surface area contributed by atoms with Gasteiger partial charge in [-0.05, 0) is 29.2 Å². The van der Waals surface area contributed by atoms with Crippen LogP contribution in [-0.4, -0.2) is 18.8 Å². The molecule has 172 valence electrons. The molecular formula is C27H25N3O4. The van der Waals surface area contributed by atoms with E-state index in [0.717, 1.165) is 5.56 Å². The number of hydrogen-bond acceptors (Lipinski definition) is 6. The molecule has 2 aliphatic heterocycles. The Bertz CT molecular complexity index is 1350. The molecule has 5 rings (SSSR count). The number of carbonyl (C=O) groups excluding carboxylic acids is 2. The van der Waals surface area contributed by atoms with E-state index < -0.39 is 5.41 Å². The number of allylic oxidation sites excluding steroid dienone is 1. The van der Waals surface area contributed by atoms with Gasteiger partial charge in [0.1, 0.15) is 28.6 Å². The van der Waals surface area contributed by atoms with Crippen molar-refractivity contribution in [3.05, 3.63) is 82.4 Å². The molecule has 1 atom stereocenters. The van der Waals surface area contributed by atoms with Gasteiger partial charge in [0.25, 0.3) is 0 Å². The van der Waals surface area contributed by atoms with Crippen molar-refractivity contribution in [2.24, 2.45) is 11.1 Å². The first kappa shape index (κ1) is 21.8. The lowest BCUT2D eigenvalue weighted by Gasteiger charge is -2.41. The third-order valence-corrected chi connectivity index (χ3v) is 6.82. The zero-order chi connectivity index (χ0) is 24.3. The fourth-order valence-electron chi connectivity index (χ4n) is 5.45. The number of anilines is 1. The van der Waals surface area contributed by atoms with E-state index in [1.807, 2.05) is 50.2 Å². The third-order valence-electron chi connectivity index (χ3n) is 6.82. The number of benzene rings is 2. The predicted octanol–water partition coefficient (Wildman–Crippen LogP) is 3.85. The topological polar surface area (TPSA) is 106 Å². The van der Waals surface area contributed by atoms with Gasteiger partial charge in [0, 0.05) is 24.1 Å². The maximum absolute atomic E-state index is 14.4. The van der Waals surface area contributed by atoms with Crippen LogP contribution in [0.3, 0.4) is 0 Å². The molecule has 1 spiro atoms. The van der Waals surface area contributed by atoms with Gasteiger partial charge in [-0.3, -0.25) is 9.59 Å². The molecule has 7 nitrogen and oxygen atoms in total. The molecule has 0 saturated carbocycles. The Morgan fingerprint density at radius 1 is 1.15 bits per heavy atom. The number of rotatable bonds is 3. The number of ether oxygens (including phenoxy) is 2. The van der Waals surface area contributed by atoms with Gasteiger partial charge in [-0.1, -0.05) is 44.2 Å². The molecule has 2 heterocycles. The Kier molecular flexibility index (Phi) is 4.80. The van der Waals surface area contributed by atoms with Gasteiger partial charge < -0.3 is 20.1 Å². The molecule has 2 aromatic carbocycles. The number of ketones is 1. The number of hydrogen-bond donors (Lipinski definition) is 1. The molecule has 0 bridgehead atoms. The summed E-state index contributed by atoms with van der Waals surface area (Å²) in [7, 11) is 1.59. The Hall–Kier alpha value is -4.05. The lowest BCUT2D eigenvalue weighted by atomic mass is 9.62. The van der Waals surface area contributed by atoms with E-state index in [9.17, 15) is 14.9 Å². The van der Waals surface area contributed by atoms with Crippen molar-refractivity contribution in [1.82, 2.24) is 0 Å². The van der Waals surface area contributed by atoms with Gasteiger partial charge in [0.2, 0.25) is 11.8 Å². The predicted molar refractivity (Wildman–Crippen MR) is 125 cm³/mol. The highest BCUT2D eigenvalue weighted by Crippen LogP contribution is 2.57. The van der Waals surface area contributed by atoms with E-state index >= 15 is 0 Å². The van der Waals surface area contributed by atoms with E-state index in [0.29, 0.717) is 29.2 Å². The van der Waals surface area contributed by atoms with E-state index in [1.165, 1.54) is 0 Å². The average molecular weight is 456 g/mol. The number of nitriles is 1. The first-order valence-corrected chi connectivity index (χ1v) is 11.1. The normalized spacial score (nSPS) is 22.9. The highest BCUT2D eigenvalue weighted by Gasteiger charge is 2.62. The van der Waals surface area contributed by atoms with E-state index in [4.69, 9.17) is 15.2 Å². The summed E-state index contributed by atoms with van der Waals surface area (Å²) in [5.41, 5.74) is 6.55. The van der Waals surface area contributed by atoms with Crippen molar-refractivity contribution in [1.29, 1.82) is 5.26 Å². The second kappa shape index (κ2) is 7.49. The number of amides is 1. The van der Waals surface area contributed by atoms with Gasteiger partial charge in [-0.15, -0.1) is 0 Å². The van der Waals surface area contributed by atoms with Crippen molar-refractivity contribution in [2.45, 2.75) is 38.6 Å². The van der Waals surface area contributed by atoms with E-state index in [2.05, 4.69) is 6.07 Å². The lowest BCUT2D eigenvalue weighted by Crippen LogP contribution is -2.50. The standard InChI is InChI=1S/C27H25N3O4/c1-26(2)12-21(31)23-22(13-26)34-24(29)19(14-28)27(23)18-9-4-5-10-20(18)30(25(27)32)15-16-7-6-8-17(11-16)33-3/h4-11H,12-13,15,29H2,1-3H3. The second-order valence-electron chi connectivity index (χ2n) is 9.70. The zero-order valence-electron chi connectivity index (χ0n) is 19.3. The molecule has 3 aliphatic rings. The molecule has 2 N–H and O–H groups in total. The first-order chi connectivity index (χ1) is 16.2. The van der Waals surface area contributed by atoms with Gasteiger partial charge in [0.15, 0.2) is 5.78 Å². The molecule has 0 aromatic heterocycles. The average Bonchev–Trinajstić information content (AvgIpc) is 3.02. The number of methoxy groups -OCH3 is 1. The highest BCUT2D eigenvalue weighted by molar-refractivity contribution is 6.20. The summed E-state index contributed by atoms with van der Waals surface area (Å²) in [4.78, 5) is 29.6. The molecule has 1 aliphatic carbocycles. The Morgan fingerprint density at radius 3 is 2.65 bits per heavy atom. The summed E-state index contributed by atoms with van der Waals surface area (Å²) < 4.78 is 11.2. The molecule has 2 aromatic rings. The van der Waals surface area contributed by atoms with Crippen LogP contribution >= 0.6 is 0 Å². The summed E-state index contributed by atoms with van der Waals surface area (Å²) in [6.45, 7) is 4.20. The molecule has 34 heavy (non-hydrogen) atoms. The molecule has 7 heteroatoms. The summed E-state index contributed by atoms with van der Waals surface area (Å²) in [6, 6.07) is 16.8. The zero-order valence-corrected chi connectivity index (χ0v) is 19.3. The van der Waals surface area contributed by atoms with Crippen molar-refractivity contribution in [3.8, 4) is 11.8 Å². The van der Waals surface area contributed by atoms with Crippen LogP contribution in [0.2, 0.25) is 0 Å². The van der Waals surface area contributed by atoms with Crippen molar-refractivity contribution in [2.75, 3.05) is 12.0 Å². The maximum Gasteiger partial charge on any atom is 0.248 e. The van der Waals surface area contributed by atoms with Crippen LogP contribution in [0, 0.1) is 16.7 Å². The van der Waals surface area contributed by atoms with Crippen molar-refractivity contribution < 1.29 is 19.1 Å². The van der Waals surface area contributed by atoms with Crippen LogP contribution in [0.4, 0.5) is 5.69 Å². The number of nitrogens with zero attached hydrogens (tertiary/aromatic N) is 2. The van der Waals surface area contributed by atoms with Gasteiger partial charge in [0.05, 0.1) is 19.2 Å². The molecule has 0 radical (unpaired) electrons. The summed E-state index contributed by atoms with van der Waals surface area (Å²) in [5.74, 6) is 0.356. The number of carbonyl (C=O) groups is 2. The van der Waals surface area contributed by atoms with Crippen molar-refractivity contribution >= 4 is 17.4 Å². The molecule has 0 saturated heterocycles. The minimum Gasteiger partial charge on any atom is -0.497 e. The quantitative estimate of drug-likeness (QED) is 0.754. The highest BCUT2D eigenvalue weighted by atomic mass is 16.5. The Balaban J connectivity index is 1.75. The van der Waals surface area contributed by atoms with Crippen LogP contribution in [0.1, 0.15) is 37.8 Å². The number of para-hydroxylation sites is 1. The first-order valence-electron chi connectivity index (χ1n) is 11.1. The maximum atomic E-state index is 14.4. The fourth-order valence-corrected chi connectivity index (χ4v) is 5.45. The molecule has 1 amide bonds. The van der Waals surface area contributed by atoms with Crippen LogP contribution < -0.4 is 15.4 Å². The largest absolute Gasteiger partial charge is 0.497 e. The van der Waals surface area contributed by atoms with Crippen LogP contribution in [0.25, 0.3) is 0 Å². The van der Waals surface area contributed by atoms with Crippen LogP contribution in [-0.2, 0) is 26.3 Å². The minimum absolute atomic E-state index is 0.0371.